The Kier molecular flexibility index (Phi) is 4.36. The zero-order valence-corrected chi connectivity index (χ0v) is 12.4. The molecule has 0 amide bonds. The summed E-state index contributed by atoms with van der Waals surface area (Å²) in [6, 6.07) is 8.26. The van der Waals surface area contributed by atoms with Gasteiger partial charge in [0.2, 0.25) is 0 Å². The van der Waals surface area contributed by atoms with E-state index in [0.29, 0.717) is 0 Å². The molecular formula is C17H21N3O. The van der Waals surface area contributed by atoms with E-state index in [4.69, 9.17) is 4.42 Å². The summed E-state index contributed by atoms with van der Waals surface area (Å²) in [5.74, 6) is 2.15. The van der Waals surface area contributed by atoms with Gasteiger partial charge in [-0.25, -0.2) is 4.98 Å². The number of nitrogens with zero attached hydrogens (tertiary/aromatic N) is 1. The summed E-state index contributed by atoms with van der Waals surface area (Å²) in [5.41, 5.74) is 2.29. The molecule has 0 radical (unpaired) electrons. The lowest BCUT2D eigenvalue weighted by molar-refractivity contribution is 0.542. The Hall–Kier alpha value is -2.07. The molecule has 3 rings (SSSR count). The van der Waals surface area contributed by atoms with Crippen LogP contribution in [0.2, 0.25) is 0 Å². The predicted octanol–water partition coefficient (Wildman–Crippen LogP) is 3.44. The smallest absolute Gasteiger partial charge is 0.134 e. The molecule has 0 atom stereocenters. The Balaban J connectivity index is 1.57. The minimum atomic E-state index is 0.859. The van der Waals surface area contributed by atoms with Crippen molar-refractivity contribution >= 4 is 11.0 Å². The number of aryl methyl sites for hydroxylation is 2. The van der Waals surface area contributed by atoms with Gasteiger partial charge in [0, 0.05) is 42.7 Å². The standard InChI is InChI=1S/C17H21N3O/c1-2-15-14(13-6-3-4-7-16(13)21-15)12-18-9-5-8-17-19-10-11-20-17/h3-4,6-7,10-11,18H,2,5,8-9,12H2,1H3,(H,19,20). The second-order valence-corrected chi connectivity index (χ2v) is 5.17. The largest absolute Gasteiger partial charge is 0.461 e. The van der Waals surface area contributed by atoms with Crippen LogP contribution in [0.3, 0.4) is 0 Å². The Labute approximate surface area is 124 Å². The van der Waals surface area contributed by atoms with Crippen molar-refractivity contribution in [2.45, 2.75) is 32.7 Å². The molecule has 0 saturated carbocycles. The van der Waals surface area contributed by atoms with E-state index in [-0.39, 0.29) is 0 Å². The number of benzene rings is 1. The normalized spacial score (nSPS) is 11.3. The van der Waals surface area contributed by atoms with Crippen molar-refractivity contribution < 1.29 is 4.42 Å². The quantitative estimate of drug-likeness (QED) is 0.653. The van der Waals surface area contributed by atoms with Crippen LogP contribution in [0.1, 0.15) is 30.5 Å². The molecule has 0 unspecified atom stereocenters. The van der Waals surface area contributed by atoms with E-state index >= 15 is 0 Å². The number of aromatic amines is 1. The summed E-state index contributed by atoms with van der Waals surface area (Å²) >= 11 is 0. The van der Waals surface area contributed by atoms with Crippen molar-refractivity contribution in [3.63, 3.8) is 0 Å². The third-order valence-electron chi connectivity index (χ3n) is 3.73. The lowest BCUT2D eigenvalue weighted by Crippen LogP contribution is -2.16. The summed E-state index contributed by atoms with van der Waals surface area (Å²) in [6.45, 7) is 3.97. The number of rotatable bonds is 7. The minimum absolute atomic E-state index is 0.859. The Bertz CT molecular complexity index is 685. The fourth-order valence-electron chi connectivity index (χ4n) is 2.66. The van der Waals surface area contributed by atoms with Crippen LogP contribution in [-0.2, 0) is 19.4 Å². The molecular weight excluding hydrogens is 262 g/mol. The third kappa shape index (κ3) is 3.16. The highest BCUT2D eigenvalue weighted by Gasteiger charge is 2.11. The molecule has 2 heterocycles. The summed E-state index contributed by atoms with van der Waals surface area (Å²) < 4.78 is 5.91. The van der Waals surface area contributed by atoms with Gasteiger partial charge in [0.1, 0.15) is 17.2 Å². The van der Waals surface area contributed by atoms with E-state index in [0.717, 1.165) is 49.5 Å². The van der Waals surface area contributed by atoms with Crippen LogP contribution in [0, 0.1) is 0 Å². The van der Waals surface area contributed by atoms with E-state index in [1.54, 1.807) is 6.20 Å². The molecule has 0 saturated heterocycles. The molecule has 21 heavy (non-hydrogen) atoms. The predicted molar refractivity (Wildman–Crippen MR) is 84.2 cm³/mol. The van der Waals surface area contributed by atoms with Gasteiger partial charge in [-0.15, -0.1) is 0 Å². The minimum Gasteiger partial charge on any atom is -0.461 e. The average Bonchev–Trinajstić information content (AvgIpc) is 3.14. The van der Waals surface area contributed by atoms with Crippen molar-refractivity contribution in [1.82, 2.24) is 15.3 Å². The summed E-state index contributed by atoms with van der Waals surface area (Å²) in [5, 5.41) is 4.74. The highest BCUT2D eigenvalue weighted by molar-refractivity contribution is 5.82. The molecule has 0 aliphatic carbocycles. The van der Waals surface area contributed by atoms with Crippen LogP contribution in [0.4, 0.5) is 0 Å². The molecule has 4 nitrogen and oxygen atoms in total. The molecule has 0 fully saturated rings. The SMILES string of the molecule is CCc1oc2ccccc2c1CNCCCc1ncc[nH]1. The summed E-state index contributed by atoms with van der Waals surface area (Å²) in [6.07, 6.45) is 6.65. The molecule has 110 valence electrons. The molecule has 2 N–H and O–H groups in total. The van der Waals surface area contributed by atoms with Gasteiger partial charge in [-0.05, 0) is 19.0 Å². The van der Waals surface area contributed by atoms with E-state index < -0.39 is 0 Å². The number of hydrogen-bond acceptors (Lipinski definition) is 3. The number of imidazole rings is 1. The van der Waals surface area contributed by atoms with Crippen LogP contribution >= 0.6 is 0 Å². The first-order valence-electron chi connectivity index (χ1n) is 7.56. The lowest BCUT2D eigenvalue weighted by atomic mass is 10.1. The molecule has 3 aromatic rings. The molecule has 0 bridgehead atoms. The topological polar surface area (TPSA) is 53.9 Å². The van der Waals surface area contributed by atoms with Gasteiger partial charge in [0.05, 0.1) is 0 Å². The molecule has 2 aromatic heterocycles. The van der Waals surface area contributed by atoms with Crippen LogP contribution in [0.25, 0.3) is 11.0 Å². The molecule has 4 heteroatoms. The first kappa shape index (κ1) is 13.9. The number of H-pyrrole nitrogens is 1. The van der Waals surface area contributed by atoms with Crippen molar-refractivity contribution in [3.8, 4) is 0 Å². The fraction of sp³-hybridized carbons (Fsp3) is 0.353. The number of para-hydroxylation sites is 1. The molecule has 0 spiro atoms. The highest BCUT2D eigenvalue weighted by atomic mass is 16.3. The second-order valence-electron chi connectivity index (χ2n) is 5.17. The van der Waals surface area contributed by atoms with Crippen molar-refractivity contribution in [2.24, 2.45) is 0 Å². The molecule has 1 aromatic carbocycles. The summed E-state index contributed by atoms with van der Waals surface area (Å²) in [4.78, 5) is 7.36. The van der Waals surface area contributed by atoms with Crippen LogP contribution < -0.4 is 5.32 Å². The van der Waals surface area contributed by atoms with Crippen LogP contribution in [-0.4, -0.2) is 16.5 Å². The zero-order valence-electron chi connectivity index (χ0n) is 12.4. The Morgan fingerprint density at radius 1 is 1.29 bits per heavy atom. The van der Waals surface area contributed by atoms with E-state index in [2.05, 4.69) is 34.3 Å². The summed E-state index contributed by atoms with van der Waals surface area (Å²) in [7, 11) is 0. The van der Waals surface area contributed by atoms with Gasteiger partial charge in [-0.1, -0.05) is 25.1 Å². The van der Waals surface area contributed by atoms with Crippen molar-refractivity contribution in [1.29, 1.82) is 0 Å². The van der Waals surface area contributed by atoms with Crippen molar-refractivity contribution in [3.05, 3.63) is 53.8 Å². The number of hydrogen-bond donors (Lipinski definition) is 2. The van der Waals surface area contributed by atoms with Gasteiger partial charge in [-0.3, -0.25) is 0 Å². The average molecular weight is 283 g/mol. The first-order chi connectivity index (χ1) is 10.4. The zero-order chi connectivity index (χ0) is 14.5. The van der Waals surface area contributed by atoms with Gasteiger partial charge in [-0.2, -0.15) is 0 Å². The highest BCUT2D eigenvalue weighted by Crippen LogP contribution is 2.26. The van der Waals surface area contributed by atoms with Gasteiger partial charge >= 0.3 is 0 Å². The van der Waals surface area contributed by atoms with Gasteiger partial charge in [0.15, 0.2) is 0 Å². The van der Waals surface area contributed by atoms with Gasteiger partial charge in [0.25, 0.3) is 0 Å². The molecule has 0 aliphatic rings. The number of fused-ring (bicyclic) bond motifs is 1. The number of furan rings is 1. The number of aromatic nitrogens is 2. The van der Waals surface area contributed by atoms with Crippen LogP contribution in [0.15, 0.2) is 41.1 Å². The monoisotopic (exact) mass is 283 g/mol. The van der Waals surface area contributed by atoms with E-state index in [1.165, 1.54) is 10.9 Å². The van der Waals surface area contributed by atoms with E-state index in [9.17, 15) is 0 Å². The van der Waals surface area contributed by atoms with Crippen molar-refractivity contribution in [2.75, 3.05) is 6.54 Å². The Morgan fingerprint density at radius 2 is 2.19 bits per heavy atom. The van der Waals surface area contributed by atoms with Gasteiger partial charge < -0.3 is 14.7 Å². The maximum absolute atomic E-state index is 5.91. The van der Waals surface area contributed by atoms with Crippen LogP contribution in [0.5, 0.6) is 0 Å². The number of nitrogens with one attached hydrogen (secondary N) is 2. The fourth-order valence-corrected chi connectivity index (χ4v) is 2.66. The Morgan fingerprint density at radius 3 is 3.00 bits per heavy atom. The maximum atomic E-state index is 5.91. The lowest BCUT2D eigenvalue weighted by Gasteiger charge is -2.04. The third-order valence-corrected chi connectivity index (χ3v) is 3.73. The molecule has 0 aliphatic heterocycles. The van der Waals surface area contributed by atoms with E-state index in [1.807, 2.05) is 18.3 Å². The first-order valence-corrected chi connectivity index (χ1v) is 7.56. The maximum Gasteiger partial charge on any atom is 0.134 e. The second kappa shape index (κ2) is 6.59.